The van der Waals surface area contributed by atoms with Crippen molar-refractivity contribution in [2.24, 2.45) is 5.92 Å². The Morgan fingerprint density at radius 1 is 1.23 bits per heavy atom. The Morgan fingerprint density at radius 3 is 2.88 bits per heavy atom. The molecule has 0 spiro atoms. The molecule has 7 nitrogen and oxygen atoms in total. The van der Waals surface area contributed by atoms with Crippen molar-refractivity contribution in [2.75, 3.05) is 20.3 Å². The van der Waals surface area contributed by atoms with Crippen LogP contribution in [0.1, 0.15) is 81.8 Å². The zero-order chi connectivity index (χ0) is 18.4. The van der Waals surface area contributed by atoms with Gasteiger partial charge in [-0.2, -0.15) is 5.10 Å². The van der Waals surface area contributed by atoms with Crippen LogP contribution < -0.4 is 5.32 Å². The molecule has 26 heavy (non-hydrogen) atoms. The molecule has 0 saturated heterocycles. The summed E-state index contributed by atoms with van der Waals surface area (Å²) < 4.78 is 11.1. The lowest BCUT2D eigenvalue weighted by Gasteiger charge is -2.29. The molecule has 2 N–H and O–H groups in total. The molecular weight excluding hydrogens is 332 g/mol. The van der Waals surface area contributed by atoms with Gasteiger partial charge in [-0.1, -0.05) is 19.3 Å². The molecule has 0 aromatic carbocycles. The largest absolute Gasteiger partial charge is 0.449 e. The van der Waals surface area contributed by atoms with Crippen molar-refractivity contribution in [3.05, 3.63) is 11.6 Å². The van der Waals surface area contributed by atoms with Crippen molar-refractivity contribution in [3.63, 3.8) is 0 Å². The van der Waals surface area contributed by atoms with Gasteiger partial charge in [-0.05, 0) is 39.0 Å². The Labute approximate surface area is 155 Å². The highest BCUT2D eigenvalue weighted by Gasteiger charge is 2.32. The first-order valence-electron chi connectivity index (χ1n) is 10.1. The summed E-state index contributed by atoms with van der Waals surface area (Å²) in [5.41, 5.74) is 0. The Bertz CT molecular complexity index is 575. The van der Waals surface area contributed by atoms with E-state index in [1.54, 1.807) is 7.05 Å². The average molecular weight is 364 g/mol. The van der Waals surface area contributed by atoms with Crippen LogP contribution in [0.5, 0.6) is 0 Å². The van der Waals surface area contributed by atoms with E-state index in [9.17, 15) is 4.79 Å². The number of carbonyl (C=O) groups excluding carboxylic acids is 1. The minimum absolute atomic E-state index is 0.293. The third-order valence-corrected chi connectivity index (χ3v) is 5.81. The lowest BCUT2D eigenvalue weighted by molar-refractivity contribution is 0.0299. The fourth-order valence-electron chi connectivity index (χ4n) is 4.42. The van der Waals surface area contributed by atoms with Crippen molar-refractivity contribution >= 4 is 6.09 Å². The fraction of sp³-hybridized carbons (Fsp3) is 0.842. The normalized spacial score (nSPS) is 29.3. The maximum atomic E-state index is 11.4. The van der Waals surface area contributed by atoms with Gasteiger partial charge in [0.1, 0.15) is 5.82 Å². The predicted molar refractivity (Wildman–Crippen MR) is 98.1 cm³/mol. The maximum Gasteiger partial charge on any atom is 0.406 e. The molecule has 1 amide bonds. The molecule has 146 valence electrons. The molecule has 2 aliphatic rings. The maximum absolute atomic E-state index is 11.4. The monoisotopic (exact) mass is 364 g/mol. The highest BCUT2D eigenvalue weighted by Crippen LogP contribution is 2.38. The smallest absolute Gasteiger partial charge is 0.406 e. The predicted octanol–water partition coefficient (Wildman–Crippen LogP) is 3.50. The molecule has 1 aromatic heterocycles. The Morgan fingerprint density at radius 2 is 2.08 bits per heavy atom. The second kappa shape index (κ2) is 9.35. The molecular formula is C19H32N4O3. The summed E-state index contributed by atoms with van der Waals surface area (Å²) in [5.74, 6) is 2.88. The number of alkyl carbamates (subject to hydrolysis) is 1. The van der Waals surface area contributed by atoms with Gasteiger partial charge in [0.15, 0.2) is 5.82 Å². The molecule has 2 fully saturated rings. The van der Waals surface area contributed by atoms with Gasteiger partial charge in [-0.25, -0.2) is 9.78 Å². The summed E-state index contributed by atoms with van der Waals surface area (Å²) in [4.78, 5) is 16.3. The molecule has 0 aliphatic heterocycles. The van der Waals surface area contributed by atoms with E-state index in [4.69, 9.17) is 14.5 Å². The molecule has 0 bridgehead atoms. The lowest BCUT2D eigenvalue weighted by Crippen LogP contribution is -2.28. The summed E-state index contributed by atoms with van der Waals surface area (Å²) >= 11 is 0. The van der Waals surface area contributed by atoms with Gasteiger partial charge in [-0.3, -0.25) is 5.10 Å². The number of carbonyl (C=O) groups is 1. The number of nitrogens with zero attached hydrogens (tertiary/aromatic N) is 2. The zero-order valence-corrected chi connectivity index (χ0v) is 16.0. The van der Waals surface area contributed by atoms with Crippen LogP contribution >= 0.6 is 0 Å². The molecule has 2 saturated carbocycles. The highest BCUT2D eigenvalue weighted by molar-refractivity contribution is 5.66. The topological polar surface area (TPSA) is 89.1 Å². The number of ether oxygens (including phenoxy) is 2. The Kier molecular flexibility index (Phi) is 6.88. The minimum Gasteiger partial charge on any atom is -0.449 e. The molecule has 4 unspecified atom stereocenters. The van der Waals surface area contributed by atoms with E-state index in [0.29, 0.717) is 30.5 Å². The Balaban J connectivity index is 1.64. The number of rotatable bonds is 6. The average Bonchev–Trinajstić information content (AvgIpc) is 3.17. The van der Waals surface area contributed by atoms with Crippen molar-refractivity contribution in [3.8, 4) is 0 Å². The number of amides is 1. The highest BCUT2D eigenvalue weighted by atomic mass is 16.5. The van der Waals surface area contributed by atoms with E-state index in [0.717, 1.165) is 50.4 Å². The van der Waals surface area contributed by atoms with E-state index in [2.05, 4.69) is 22.4 Å². The van der Waals surface area contributed by atoms with Crippen LogP contribution in [0.2, 0.25) is 0 Å². The Hall–Kier alpha value is -1.63. The van der Waals surface area contributed by atoms with Crippen LogP contribution in [0.4, 0.5) is 4.79 Å². The van der Waals surface area contributed by atoms with Crippen LogP contribution in [-0.4, -0.2) is 47.6 Å². The molecule has 1 heterocycles. The van der Waals surface area contributed by atoms with Crippen LogP contribution in [0.15, 0.2) is 0 Å². The zero-order valence-electron chi connectivity index (χ0n) is 16.0. The first-order chi connectivity index (χ1) is 12.7. The number of H-pyrrole nitrogens is 1. The summed E-state index contributed by atoms with van der Waals surface area (Å²) in [7, 11) is 1.59. The third kappa shape index (κ3) is 4.75. The first-order valence-corrected chi connectivity index (χ1v) is 10.1. The minimum atomic E-state index is -0.364. The fourth-order valence-corrected chi connectivity index (χ4v) is 4.42. The van der Waals surface area contributed by atoms with Gasteiger partial charge in [0, 0.05) is 31.4 Å². The molecule has 4 atom stereocenters. The molecule has 1 aromatic rings. The van der Waals surface area contributed by atoms with Gasteiger partial charge in [0.2, 0.25) is 0 Å². The van der Waals surface area contributed by atoms with Crippen LogP contribution in [0.25, 0.3) is 0 Å². The van der Waals surface area contributed by atoms with Gasteiger partial charge in [0.25, 0.3) is 0 Å². The summed E-state index contributed by atoms with van der Waals surface area (Å²) in [6.45, 7) is 3.26. The van der Waals surface area contributed by atoms with E-state index in [1.165, 1.54) is 19.3 Å². The SMILES string of the molecule is CCOC1CCCC(c2n[nH]c(C3CCCCC3COC(=O)NC)n2)C1. The van der Waals surface area contributed by atoms with Gasteiger partial charge in [-0.15, -0.1) is 0 Å². The van der Waals surface area contributed by atoms with E-state index >= 15 is 0 Å². The van der Waals surface area contributed by atoms with Crippen LogP contribution in [0.3, 0.4) is 0 Å². The van der Waals surface area contributed by atoms with E-state index < -0.39 is 0 Å². The molecule has 0 radical (unpaired) electrons. The van der Waals surface area contributed by atoms with Crippen LogP contribution in [-0.2, 0) is 9.47 Å². The molecule has 3 rings (SSSR count). The lowest BCUT2D eigenvalue weighted by atomic mass is 9.79. The first kappa shape index (κ1) is 19.1. The van der Waals surface area contributed by atoms with Gasteiger partial charge >= 0.3 is 6.09 Å². The standard InChI is InChI=1S/C19H32N4O3/c1-3-25-15-9-6-8-13(11-15)17-21-18(23-22-17)16-10-5-4-7-14(16)12-26-19(24)20-2/h13-16H,3-12H2,1-2H3,(H,20,24)(H,21,22,23). The number of aromatic nitrogens is 3. The molecule has 2 aliphatic carbocycles. The van der Waals surface area contributed by atoms with Gasteiger partial charge in [0.05, 0.1) is 12.7 Å². The van der Waals surface area contributed by atoms with Crippen molar-refractivity contribution < 1.29 is 14.3 Å². The summed E-state index contributed by atoms with van der Waals surface area (Å²) in [6, 6.07) is 0. The van der Waals surface area contributed by atoms with E-state index in [-0.39, 0.29) is 6.09 Å². The van der Waals surface area contributed by atoms with Crippen LogP contribution in [0, 0.1) is 5.92 Å². The molecule has 7 heteroatoms. The van der Waals surface area contributed by atoms with Crippen molar-refractivity contribution in [2.45, 2.75) is 76.2 Å². The van der Waals surface area contributed by atoms with Gasteiger partial charge < -0.3 is 14.8 Å². The number of aromatic amines is 1. The third-order valence-electron chi connectivity index (χ3n) is 5.81. The second-order valence-corrected chi connectivity index (χ2v) is 7.52. The summed E-state index contributed by atoms with van der Waals surface area (Å²) in [5, 5.41) is 10.2. The second-order valence-electron chi connectivity index (χ2n) is 7.52. The number of hydrogen-bond acceptors (Lipinski definition) is 5. The number of nitrogens with one attached hydrogen (secondary N) is 2. The van der Waals surface area contributed by atoms with E-state index in [1.807, 2.05) is 0 Å². The summed E-state index contributed by atoms with van der Waals surface area (Å²) in [6.07, 6.45) is 8.93. The number of hydrogen-bond donors (Lipinski definition) is 2. The van der Waals surface area contributed by atoms with Crippen molar-refractivity contribution in [1.29, 1.82) is 0 Å². The quantitative estimate of drug-likeness (QED) is 0.806. The van der Waals surface area contributed by atoms with Crippen molar-refractivity contribution in [1.82, 2.24) is 20.5 Å².